The molecule has 3 aliphatic rings. The number of nitro groups is 1. The molecule has 6 atom stereocenters. The summed E-state index contributed by atoms with van der Waals surface area (Å²) in [5.41, 5.74) is 2.11. The smallest absolute Gasteiger partial charge is 0.326 e. The molecule has 2 fully saturated rings. The molecule has 0 unspecified atom stereocenters. The summed E-state index contributed by atoms with van der Waals surface area (Å²) in [6, 6.07) is 11.3. The van der Waals surface area contributed by atoms with Crippen LogP contribution in [0, 0.1) is 16.0 Å². The van der Waals surface area contributed by atoms with Crippen LogP contribution < -0.4 is 5.32 Å². The van der Waals surface area contributed by atoms with Crippen LogP contribution in [0.1, 0.15) is 54.4 Å². The van der Waals surface area contributed by atoms with Crippen molar-refractivity contribution in [1.29, 1.82) is 0 Å². The number of hydrogen-bond donors (Lipinski definition) is 2. The highest BCUT2D eigenvalue weighted by molar-refractivity contribution is 8.00. The van der Waals surface area contributed by atoms with Gasteiger partial charge in [-0.3, -0.25) is 14.9 Å². The Morgan fingerprint density at radius 1 is 1.22 bits per heavy atom. The van der Waals surface area contributed by atoms with Crippen LogP contribution >= 0.6 is 23.4 Å². The molecule has 1 saturated carbocycles. The summed E-state index contributed by atoms with van der Waals surface area (Å²) in [7, 11) is 0. The van der Waals surface area contributed by atoms with E-state index in [0.717, 1.165) is 31.4 Å². The molecule has 2 heterocycles. The summed E-state index contributed by atoms with van der Waals surface area (Å²) < 4.78 is 0. The number of carboxylic acid groups (broad SMARTS) is 1. The van der Waals surface area contributed by atoms with E-state index in [1.165, 1.54) is 17.8 Å². The van der Waals surface area contributed by atoms with Crippen molar-refractivity contribution in [3.05, 3.63) is 63.7 Å². The predicted octanol–water partition coefficient (Wildman–Crippen LogP) is 5.36. The number of nitrogens with zero attached hydrogens (tertiary/aromatic N) is 2. The van der Waals surface area contributed by atoms with Crippen molar-refractivity contribution in [3.63, 3.8) is 0 Å². The molecule has 0 aromatic heterocycles. The van der Waals surface area contributed by atoms with Crippen molar-refractivity contribution < 1.29 is 19.6 Å². The molecule has 1 aliphatic carbocycles. The Balaban J connectivity index is 1.48. The molecule has 8 nitrogen and oxygen atoms in total. The van der Waals surface area contributed by atoms with Crippen molar-refractivity contribution in [1.82, 2.24) is 4.90 Å². The number of alkyl halides is 1. The Labute approximate surface area is 218 Å². The van der Waals surface area contributed by atoms with Crippen LogP contribution in [0.2, 0.25) is 0 Å². The van der Waals surface area contributed by atoms with Gasteiger partial charge in [0.15, 0.2) is 0 Å². The molecule has 1 saturated heterocycles. The van der Waals surface area contributed by atoms with E-state index in [0.29, 0.717) is 22.6 Å². The van der Waals surface area contributed by atoms with Crippen LogP contribution in [0.25, 0.3) is 0 Å². The number of nitro benzene ring substituents is 1. The van der Waals surface area contributed by atoms with Gasteiger partial charge in [-0.2, -0.15) is 0 Å². The van der Waals surface area contributed by atoms with Gasteiger partial charge in [-0.1, -0.05) is 12.1 Å². The van der Waals surface area contributed by atoms with Crippen molar-refractivity contribution in [3.8, 4) is 0 Å². The Morgan fingerprint density at radius 2 is 2.00 bits per heavy atom. The fourth-order valence-corrected chi connectivity index (χ4v) is 7.87. The van der Waals surface area contributed by atoms with Gasteiger partial charge in [0.05, 0.1) is 15.2 Å². The van der Waals surface area contributed by atoms with Gasteiger partial charge < -0.3 is 15.3 Å². The summed E-state index contributed by atoms with van der Waals surface area (Å²) in [5.74, 6) is -1.58. The van der Waals surface area contributed by atoms with Crippen LogP contribution in [-0.2, 0) is 4.79 Å². The summed E-state index contributed by atoms with van der Waals surface area (Å²) in [4.78, 5) is 39.1. The minimum Gasteiger partial charge on any atom is -0.480 e. The molecule has 5 rings (SSSR count). The largest absolute Gasteiger partial charge is 0.480 e. The number of para-hydroxylation sites is 1. The molecule has 2 aromatic carbocycles. The number of amides is 1. The molecule has 190 valence electrons. The van der Waals surface area contributed by atoms with Crippen LogP contribution in [0.4, 0.5) is 11.4 Å². The maximum Gasteiger partial charge on any atom is 0.326 e. The number of anilines is 1. The van der Waals surface area contributed by atoms with Gasteiger partial charge >= 0.3 is 5.97 Å². The normalized spacial score (nSPS) is 29.1. The Kier molecular flexibility index (Phi) is 6.87. The molecule has 2 N–H and O–H groups in total. The third-order valence-electron chi connectivity index (χ3n) is 7.73. The number of nitrogens with one attached hydrogen (secondary N) is 1. The first-order chi connectivity index (χ1) is 17.3. The lowest BCUT2D eigenvalue weighted by Crippen LogP contribution is -2.43. The second kappa shape index (κ2) is 9.94. The first-order valence-corrected chi connectivity index (χ1v) is 13.6. The third-order valence-corrected chi connectivity index (χ3v) is 9.84. The first-order valence-electron chi connectivity index (χ1n) is 12.2. The fraction of sp³-hybridized carbons (Fsp3) is 0.462. The van der Waals surface area contributed by atoms with Crippen molar-refractivity contribution >= 4 is 46.6 Å². The minimum absolute atomic E-state index is 0.0121. The van der Waals surface area contributed by atoms with Gasteiger partial charge in [0.25, 0.3) is 11.6 Å². The van der Waals surface area contributed by atoms with E-state index in [9.17, 15) is 24.8 Å². The minimum atomic E-state index is -0.960. The topological polar surface area (TPSA) is 113 Å². The van der Waals surface area contributed by atoms with Gasteiger partial charge in [0.1, 0.15) is 6.04 Å². The maximum absolute atomic E-state index is 13.4. The molecule has 1 amide bonds. The van der Waals surface area contributed by atoms with Gasteiger partial charge in [-0.15, -0.1) is 23.4 Å². The van der Waals surface area contributed by atoms with Crippen molar-refractivity contribution in [2.45, 2.75) is 66.1 Å². The summed E-state index contributed by atoms with van der Waals surface area (Å²) in [6.07, 6.45) is 3.57. The number of thioether (sulfide) groups is 1. The lowest BCUT2D eigenvalue weighted by molar-refractivity contribution is -0.387. The second-order valence-electron chi connectivity index (χ2n) is 9.86. The van der Waals surface area contributed by atoms with E-state index >= 15 is 0 Å². The summed E-state index contributed by atoms with van der Waals surface area (Å²) in [5, 5.41) is 24.0. The Hall–Kier alpha value is -2.78. The summed E-state index contributed by atoms with van der Waals surface area (Å²) >= 11 is 8.36. The van der Waals surface area contributed by atoms with Gasteiger partial charge in [-0.05, 0) is 68.4 Å². The van der Waals surface area contributed by atoms with E-state index in [-0.39, 0.29) is 34.7 Å². The number of carboxylic acids is 1. The number of fused-ring (bicyclic) bond motifs is 3. The second-order valence-corrected chi connectivity index (χ2v) is 11.6. The number of carbonyl (C=O) groups excluding carboxylic acids is 1. The number of benzene rings is 2. The Morgan fingerprint density at radius 3 is 2.72 bits per heavy atom. The molecule has 0 radical (unpaired) electrons. The van der Waals surface area contributed by atoms with Crippen molar-refractivity contribution in [2.24, 2.45) is 5.92 Å². The fourth-order valence-electron chi connectivity index (χ4n) is 5.93. The SMILES string of the molecule is C[C@H]1CCCCN1C(=O)c1ccc2c(c1)[C@@H]1[C@@H](Cl)[C@@H](Sc3ccccc3[N+](=O)[O-])C[C@@H]1[C@H](C(=O)O)N2. The maximum atomic E-state index is 13.4. The van der Waals surface area contributed by atoms with Gasteiger partial charge in [0, 0.05) is 41.1 Å². The number of hydrogen-bond acceptors (Lipinski definition) is 6. The molecule has 0 spiro atoms. The molecular formula is C26H28ClN3O5S. The number of likely N-dealkylation sites (tertiary alicyclic amines) is 1. The number of aliphatic carboxylic acids is 1. The van der Waals surface area contributed by atoms with Crippen LogP contribution in [-0.4, -0.2) is 56.1 Å². The molecular weight excluding hydrogens is 502 g/mol. The van der Waals surface area contributed by atoms with E-state index in [1.807, 2.05) is 11.0 Å². The first kappa shape index (κ1) is 24.9. The van der Waals surface area contributed by atoms with Crippen LogP contribution in [0.15, 0.2) is 47.4 Å². The highest BCUT2D eigenvalue weighted by atomic mass is 35.5. The average Bonchev–Trinajstić information content (AvgIpc) is 3.19. The zero-order valence-corrected chi connectivity index (χ0v) is 21.4. The van der Waals surface area contributed by atoms with Gasteiger partial charge in [0.2, 0.25) is 0 Å². The third kappa shape index (κ3) is 4.43. The number of piperidine rings is 1. The quantitative estimate of drug-likeness (QED) is 0.304. The number of carbonyl (C=O) groups is 2. The monoisotopic (exact) mass is 529 g/mol. The van der Waals surface area contributed by atoms with Crippen molar-refractivity contribution in [2.75, 3.05) is 11.9 Å². The molecule has 2 aromatic rings. The van der Waals surface area contributed by atoms with Gasteiger partial charge in [-0.25, -0.2) is 4.79 Å². The van der Waals surface area contributed by atoms with Crippen LogP contribution in [0.3, 0.4) is 0 Å². The molecule has 2 aliphatic heterocycles. The Bertz CT molecular complexity index is 1210. The van der Waals surface area contributed by atoms with E-state index in [1.54, 1.807) is 30.3 Å². The average molecular weight is 530 g/mol. The van der Waals surface area contributed by atoms with E-state index in [4.69, 9.17) is 11.6 Å². The molecule has 0 bridgehead atoms. The highest BCUT2D eigenvalue weighted by Gasteiger charge is 2.52. The van der Waals surface area contributed by atoms with Crippen LogP contribution in [0.5, 0.6) is 0 Å². The number of rotatable bonds is 5. The van der Waals surface area contributed by atoms with E-state index < -0.39 is 22.3 Å². The molecule has 36 heavy (non-hydrogen) atoms. The van der Waals surface area contributed by atoms with E-state index in [2.05, 4.69) is 12.2 Å². The zero-order valence-electron chi connectivity index (χ0n) is 19.8. The summed E-state index contributed by atoms with van der Waals surface area (Å²) in [6.45, 7) is 2.80. The zero-order chi connectivity index (χ0) is 25.6. The highest BCUT2D eigenvalue weighted by Crippen LogP contribution is 2.55. The predicted molar refractivity (Wildman–Crippen MR) is 139 cm³/mol. The standard InChI is InChI=1S/C26H28ClN3O5S/c1-14-6-4-5-11-29(14)25(31)15-9-10-18-16(12-15)22-17(24(28-18)26(32)33)13-21(23(22)27)36-20-8-3-2-7-19(20)30(34)35/h2-3,7-10,12,14,17,21-24,28H,4-6,11,13H2,1H3,(H,32,33)/t14-,17-,21-,22-,23-,24+/m0/s1. The lowest BCUT2D eigenvalue weighted by atomic mass is 9.79. The number of halogens is 1. The molecule has 10 heteroatoms. The lowest BCUT2D eigenvalue weighted by Gasteiger charge is -2.37.